The molecule has 0 radical (unpaired) electrons. The number of esters is 1. The van der Waals surface area contributed by atoms with E-state index >= 15 is 0 Å². The van der Waals surface area contributed by atoms with E-state index in [9.17, 15) is 4.79 Å². The van der Waals surface area contributed by atoms with E-state index in [1.165, 1.54) is 25.7 Å². The fourth-order valence-electron chi connectivity index (χ4n) is 1.48. The minimum atomic E-state index is -0.487. The van der Waals surface area contributed by atoms with Crippen LogP contribution in [-0.4, -0.2) is 40.1 Å². The molecule has 0 bridgehead atoms. The van der Waals surface area contributed by atoms with Crippen LogP contribution in [-0.2, 0) is 11.3 Å². The summed E-state index contributed by atoms with van der Waals surface area (Å²) in [5.41, 5.74) is 1.06. The number of methoxy groups -OCH3 is 1. The van der Waals surface area contributed by atoms with Crippen LogP contribution >= 0.6 is 0 Å². The molecule has 7 nitrogen and oxygen atoms in total. The number of ether oxygens (including phenoxy) is 1. The number of hydrogen-bond acceptors (Lipinski definition) is 7. The first kappa shape index (κ1) is 12.9. The van der Waals surface area contributed by atoms with Crippen LogP contribution < -0.4 is 4.90 Å². The Bertz CT molecular complexity index is 561. The fraction of sp³-hybridized carbons (Fsp3) is 0.250. The van der Waals surface area contributed by atoms with Gasteiger partial charge in [-0.2, -0.15) is 0 Å². The van der Waals surface area contributed by atoms with Crippen molar-refractivity contribution in [1.29, 1.82) is 0 Å². The van der Waals surface area contributed by atoms with E-state index in [0.29, 0.717) is 12.5 Å². The van der Waals surface area contributed by atoms with Crippen molar-refractivity contribution in [2.24, 2.45) is 0 Å². The Morgan fingerprint density at radius 2 is 2.16 bits per heavy atom. The van der Waals surface area contributed by atoms with E-state index in [1.54, 1.807) is 17.2 Å². The number of rotatable bonds is 4. The second-order valence-corrected chi connectivity index (χ2v) is 3.79. The number of aromatic nitrogens is 4. The Labute approximate surface area is 110 Å². The average Bonchev–Trinajstić information content (AvgIpc) is 2.47. The molecule has 19 heavy (non-hydrogen) atoms. The minimum absolute atomic E-state index is 0.224. The molecule has 0 atom stereocenters. The van der Waals surface area contributed by atoms with Crippen LogP contribution in [0.3, 0.4) is 0 Å². The molecule has 2 heterocycles. The minimum Gasteiger partial charge on any atom is -0.464 e. The third kappa shape index (κ3) is 3.21. The second kappa shape index (κ2) is 5.85. The largest absolute Gasteiger partial charge is 0.464 e. The van der Waals surface area contributed by atoms with Crippen molar-refractivity contribution < 1.29 is 9.53 Å². The Morgan fingerprint density at radius 3 is 2.84 bits per heavy atom. The molecule has 2 aromatic heterocycles. The predicted octanol–water partition coefficient (Wildman–Crippen LogP) is 0.690. The summed E-state index contributed by atoms with van der Waals surface area (Å²) in [4.78, 5) is 29.4. The lowest BCUT2D eigenvalue weighted by Gasteiger charge is -2.16. The molecule has 0 fully saturated rings. The first-order chi connectivity index (χ1) is 9.20. The summed E-state index contributed by atoms with van der Waals surface area (Å²) >= 11 is 0. The Hall–Kier alpha value is -2.57. The quantitative estimate of drug-likeness (QED) is 0.747. The van der Waals surface area contributed by atoms with Gasteiger partial charge in [0.25, 0.3) is 0 Å². The number of carbonyl (C=O) groups is 1. The monoisotopic (exact) mass is 259 g/mol. The lowest BCUT2D eigenvalue weighted by molar-refractivity contribution is 0.0594. The van der Waals surface area contributed by atoms with Gasteiger partial charge < -0.3 is 9.64 Å². The van der Waals surface area contributed by atoms with E-state index < -0.39 is 5.97 Å². The molecule has 0 amide bonds. The second-order valence-electron chi connectivity index (χ2n) is 3.79. The average molecular weight is 259 g/mol. The van der Waals surface area contributed by atoms with E-state index in [2.05, 4.69) is 24.7 Å². The molecule has 0 saturated carbocycles. The van der Waals surface area contributed by atoms with Crippen molar-refractivity contribution in [3.8, 4) is 0 Å². The van der Waals surface area contributed by atoms with Crippen molar-refractivity contribution in [1.82, 2.24) is 19.9 Å². The van der Waals surface area contributed by atoms with Crippen molar-refractivity contribution >= 4 is 11.9 Å². The van der Waals surface area contributed by atoms with Crippen molar-refractivity contribution in [2.45, 2.75) is 6.54 Å². The zero-order valence-electron chi connectivity index (χ0n) is 10.6. The van der Waals surface area contributed by atoms with E-state index in [-0.39, 0.29) is 5.69 Å². The van der Waals surface area contributed by atoms with E-state index in [1.807, 2.05) is 7.05 Å². The predicted molar refractivity (Wildman–Crippen MR) is 67.5 cm³/mol. The highest BCUT2D eigenvalue weighted by Crippen LogP contribution is 2.09. The first-order valence-electron chi connectivity index (χ1n) is 5.58. The van der Waals surface area contributed by atoms with E-state index in [0.717, 1.165) is 5.69 Å². The maximum atomic E-state index is 11.4. The molecular weight excluding hydrogens is 246 g/mol. The smallest absolute Gasteiger partial charge is 0.356 e. The number of hydrogen-bond donors (Lipinski definition) is 0. The van der Waals surface area contributed by atoms with Gasteiger partial charge >= 0.3 is 5.97 Å². The summed E-state index contributed by atoms with van der Waals surface area (Å²) in [6.07, 6.45) is 4.67. The van der Waals surface area contributed by atoms with Gasteiger partial charge in [0.05, 0.1) is 19.3 Å². The molecule has 0 aliphatic rings. The molecule has 2 rings (SSSR count). The standard InChI is InChI=1S/C12H13N5O2/c1-17(7-9-3-5-13-8-15-9)12-14-6-4-10(16-12)11(18)19-2/h3-6,8H,7H2,1-2H3. The summed E-state index contributed by atoms with van der Waals surface area (Å²) in [6, 6.07) is 3.31. The molecule has 2 aromatic rings. The summed E-state index contributed by atoms with van der Waals surface area (Å²) in [7, 11) is 3.13. The number of carbonyl (C=O) groups excluding carboxylic acids is 1. The Morgan fingerprint density at radius 1 is 1.32 bits per heavy atom. The van der Waals surface area contributed by atoms with Crippen LogP contribution in [0.15, 0.2) is 30.9 Å². The van der Waals surface area contributed by atoms with Gasteiger partial charge in [-0.3, -0.25) is 0 Å². The van der Waals surface area contributed by atoms with Crippen LogP contribution in [0.2, 0.25) is 0 Å². The molecule has 0 N–H and O–H groups in total. The molecule has 0 aliphatic heterocycles. The molecule has 0 spiro atoms. The lowest BCUT2D eigenvalue weighted by atomic mass is 10.4. The lowest BCUT2D eigenvalue weighted by Crippen LogP contribution is -2.21. The van der Waals surface area contributed by atoms with Gasteiger partial charge in [-0.1, -0.05) is 0 Å². The molecule has 0 aliphatic carbocycles. The summed E-state index contributed by atoms with van der Waals surface area (Å²) in [5.74, 6) is -0.0550. The third-order valence-corrected chi connectivity index (χ3v) is 2.42. The van der Waals surface area contributed by atoms with Crippen molar-refractivity contribution in [2.75, 3.05) is 19.1 Å². The van der Waals surface area contributed by atoms with Gasteiger partial charge in [0.2, 0.25) is 5.95 Å². The summed E-state index contributed by atoms with van der Waals surface area (Å²) < 4.78 is 4.62. The van der Waals surface area contributed by atoms with Gasteiger partial charge in [0.15, 0.2) is 5.69 Å². The van der Waals surface area contributed by atoms with Crippen LogP contribution in [0, 0.1) is 0 Å². The molecule has 7 heteroatoms. The highest BCUT2D eigenvalue weighted by Gasteiger charge is 2.11. The highest BCUT2D eigenvalue weighted by atomic mass is 16.5. The highest BCUT2D eigenvalue weighted by molar-refractivity contribution is 5.87. The fourth-order valence-corrected chi connectivity index (χ4v) is 1.48. The first-order valence-corrected chi connectivity index (χ1v) is 5.58. The maximum absolute atomic E-state index is 11.4. The Kier molecular flexibility index (Phi) is 3.97. The number of anilines is 1. The van der Waals surface area contributed by atoms with Crippen molar-refractivity contribution in [3.05, 3.63) is 42.2 Å². The van der Waals surface area contributed by atoms with Gasteiger partial charge in [-0.05, 0) is 12.1 Å². The molecule has 98 valence electrons. The summed E-state index contributed by atoms with van der Waals surface area (Å²) in [5, 5.41) is 0. The molecule has 0 aromatic carbocycles. The molecular formula is C12H13N5O2. The zero-order chi connectivity index (χ0) is 13.7. The van der Waals surface area contributed by atoms with E-state index in [4.69, 9.17) is 0 Å². The van der Waals surface area contributed by atoms with Crippen LogP contribution in [0.1, 0.15) is 16.2 Å². The normalized spacial score (nSPS) is 10.0. The molecule has 0 saturated heterocycles. The zero-order valence-corrected chi connectivity index (χ0v) is 10.6. The number of nitrogens with zero attached hydrogens (tertiary/aromatic N) is 5. The molecule has 0 unspecified atom stereocenters. The van der Waals surface area contributed by atoms with Gasteiger partial charge in [-0.25, -0.2) is 24.7 Å². The SMILES string of the molecule is COC(=O)c1ccnc(N(C)Cc2ccncn2)n1. The van der Waals surface area contributed by atoms with Crippen molar-refractivity contribution in [3.63, 3.8) is 0 Å². The summed E-state index contributed by atoms with van der Waals surface area (Å²) in [6.45, 7) is 0.521. The van der Waals surface area contributed by atoms with Crippen LogP contribution in [0.5, 0.6) is 0 Å². The van der Waals surface area contributed by atoms with Gasteiger partial charge in [0.1, 0.15) is 6.33 Å². The van der Waals surface area contributed by atoms with Crippen LogP contribution in [0.25, 0.3) is 0 Å². The maximum Gasteiger partial charge on any atom is 0.356 e. The van der Waals surface area contributed by atoms with Gasteiger partial charge in [-0.15, -0.1) is 0 Å². The Balaban J connectivity index is 2.15. The van der Waals surface area contributed by atoms with Gasteiger partial charge in [0, 0.05) is 19.4 Å². The topological polar surface area (TPSA) is 81.1 Å². The third-order valence-electron chi connectivity index (χ3n) is 2.42. The van der Waals surface area contributed by atoms with Crippen LogP contribution in [0.4, 0.5) is 5.95 Å².